The summed E-state index contributed by atoms with van der Waals surface area (Å²) in [5, 5.41) is 0.768. The van der Waals surface area contributed by atoms with E-state index in [1.165, 1.54) is 29.7 Å². The molecule has 212 valence electrons. The molecule has 0 radical (unpaired) electrons. The minimum Gasteiger partial charge on any atom is -0.383 e. The summed E-state index contributed by atoms with van der Waals surface area (Å²) in [7, 11) is 0.135. The summed E-state index contributed by atoms with van der Waals surface area (Å²) in [4.78, 5) is 15.5. The van der Waals surface area contributed by atoms with E-state index in [1.54, 1.807) is 29.9 Å². The first-order valence-electron chi connectivity index (χ1n) is 13.2. The Bertz CT molecular complexity index is 1330. The van der Waals surface area contributed by atoms with Crippen LogP contribution >= 0.6 is 11.3 Å². The molecule has 2 aliphatic heterocycles. The molecule has 2 saturated heterocycles. The highest BCUT2D eigenvalue weighted by Gasteiger charge is 2.34. The van der Waals surface area contributed by atoms with Gasteiger partial charge in [-0.05, 0) is 31.7 Å². The standard InChI is InChI=1S/C26H36FN7O3S2/c1-20(21-4-6-22(27)7-5-21)34-19-28-16-23(34)24(18-37-3)31-12-14-33(15-13-31)39(35,36)25-17-29-26(38-25)32-10-8-30(2)9-11-32/h4-7,16-17,19-20,24H,8-15,18H2,1-3H3/t20-,24?/m1/s1. The van der Waals surface area contributed by atoms with Gasteiger partial charge in [-0.1, -0.05) is 23.5 Å². The normalized spacial score (nSPS) is 19.8. The van der Waals surface area contributed by atoms with Gasteiger partial charge in [0.1, 0.15) is 5.82 Å². The van der Waals surface area contributed by atoms with Gasteiger partial charge in [0.25, 0.3) is 10.0 Å². The molecule has 4 heterocycles. The van der Waals surface area contributed by atoms with Crippen molar-refractivity contribution < 1.29 is 17.5 Å². The molecule has 0 spiro atoms. The molecule has 0 bridgehead atoms. The van der Waals surface area contributed by atoms with E-state index >= 15 is 0 Å². The monoisotopic (exact) mass is 577 g/mol. The third-order valence-corrected chi connectivity index (χ3v) is 11.1. The first kappa shape index (κ1) is 28.1. The lowest BCUT2D eigenvalue weighted by Crippen LogP contribution is -2.50. The van der Waals surface area contributed by atoms with Crippen LogP contribution in [0.25, 0.3) is 0 Å². The van der Waals surface area contributed by atoms with Crippen LogP contribution in [0.4, 0.5) is 9.52 Å². The minimum atomic E-state index is -3.62. The lowest BCUT2D eigenvalue weighted by atomic mass is 10.1. The highest BCUT2D eigenvalue weighted by Crippen LogP contribution is 2.32. The molecule has 0 aliphatic carbocycles. The van der Waals surface area contributed by atoms with E-state index in [2.05, 4.69) is 43.2 Å². The molecule has 2 aliphatic rings. The van der Waals surface area contributed by atoms with Crippen LogP contribution in [0.1, 0.15) is 30.3 Å². The number of likely N-dealkylation sites (N-methyl/N-ethyl adjacent to an activating group) is 1. The van der Waals surface area contributed by atoms with E-state index in [-0.39, 0.29) is 17.9 Å². The van der Waals surface area contributed by atoms with Gasteiger partial charge in [-0.15, -0.1) is 0 Å². The molecule has 1 unspecified atom stereocenters. The van der Waals surface area contributed by atoms with E-state index in [9.17, 15) is 12.8 Å². The van der Waals surface area contributed by atoms with Gasteiger partial charge in [0.05, 0.1) is 36.9 Å². The summed E-state index contributed by atoms with van der Waals surface area (Å²) >= 11 is 1.26. The zero-order valence-electron chi connectivity index (χ0n) is 22.6. The van der Waals surface area contributed by atoms with Crippen LogP contribution in [-0.4, -0.2) is 110 Å². The molecule has 3 aromatic rings. The van der Waals surface area contributed by atoms with Crippen LogP contribution in [0.2, 0.25) is 0 Å². The van der Waals surface area contributed by atoms with E-state index in [4.69, 9.17) is 4.74 Å². The number of halogens is 1. The van der Waals surface area contributed by atoms with E-state index < -0.39 is 10.0 Å². The predicted molar refractivity (Wildman–Crippen MR) is 149 cm³/mol. The second-order valence-corrected chi connectivity index (χ2v) is 13.3. The van der Waals surface area contributed by atoms with Crippen LogP contribution in [0.3, 0.4) is 0 Å². The second kappa shape index (κ2) is 12.0. The number of piperazine rings is 2. The molecule has 5 rings (SSSR count). The second-order valence-electron chi connectivity index (χ2n) is 10.1. The fourth-order valence-electron chi connectivity index (χ4n) is 5.23. The number of anilines is 1. The molecule has 0 amide bonds. The Morgan fingerprint density at radius 3 is 2.38 bits per heavy atom. The van der Waals surface area contributed by atoms with Crippen LogP contribution in [0.15, 0.2) is 47.2 Å². The molecule has 2 aromatic heterocycles. The number of rotatable bonds is 9. The van der Waals surface area contributed by atoms with Crippen molar-refractivity contribution in [2.45, 2.75) is 23.2 Å². The van der Waals surface area contributed by atoms with Crippen molar-refractivity contribution in [1.29, 1.82) is 0 Å². The highest BCUT2D eigenvalue weighted by atomic mass is 32.2. The number of imidazole rings is 1. The SMILES string of the molecule is COCC(c1cncn1[C@H](C)c1ccc(F)cc1)N1CCN(S(=O)(=O)c2cnc(N3CCN(C)CC3)s2)CC1. The Hall–Kier alpha value is -2.42. The number of nitrogens with zero attached hydrogens (tertiary/aromatic N) is 7. The Labute approximate surface area is 233 Å². The summed E-state index contributed by atoms with van der Waals surface area (Å²) in [6.07, 6.45) is 5.13. The number of ether oxygens (including phenoxy) is 1. The van der Waals surface area contributed by atoms with Crippen molar-refractivity contribution in [3.63, 3.8) is 0 Å². The number of benzene rings is 1. The fraction of sp³-hybridized carbons (Fsp3) is 0.538. The van der Waals surface area contributed by atoms with E-state index in [1.807, 2.05) is 6.20 Å². The summed E-state index contributed by atoms with van der Waals surface area (Å²) in [5.41, 5.74) is 1.95. The quantitative estimate of drug-likeness (QED) is 0.384. The van der Waals surface area contributed by atoms with Gasteiger partial charge in [-0.25, -0.2) is 22.8 Å². The molecule has 2 fully saturated rings. The summed E-state index contributed by atoms with van der Waals surface area (Å²) in [6.45, 7) is 7.95. The number of hydrogen-bond acceptors (Lipinski definition) is 9. The predicted octanol–water partition coefficient (Wildman–Crippen LogP) is 2.53. The first-order chi connectivity index (χ1) is 18.8. The number of methoxy groups -OCH3 is 1. The molecular weight excluding hydrogens is 541 g/mol. The van der Waals surface area contributed by atoms with Gasteiger partial charge in [-0.2, -0.15) is 4.31 Å². The van der Waals surface area contributed by atoms with Crippen LogP contribution in [0.5, 0.6) is 0 Å². The first-order valence-corrected chi connectivity index (χ1v) is 15.4. The smallest absolute Gasteiger partial charge is 0.254 e. The lowest BCUT2D eigenvalue weighted by Gasteiger charge is -2.38. The molecule has 1 aromatic carbocycles. The maximum absolute atomic E-state index is 13.5. The molecule has 0 saturated carbocycles. The number of sulfonamides is 1. The van der Waals surface area contributed by atoms with Crippen LogP contribution in [0, 0.1) is 5.82 Å². The van der Waals surface area contributed by atoms with Crippen molar-refractivity contribution in [1.82, 2.24) is 28.6 Å². The van der Waals surface area contributed by atoms with Gasteiger partial charge in [-0.3, -0.25) is 4.90 Å². The third-order valence-electron chi connectivity index (χ3n) is 7.69. The molecule has 2 atom stereocenters. The maximum atomic E-state index is 13.5. The van der Waals surface area contributed by atoms with Crippen molar-refractivity contribution >= 4 is 26.5 Å². The van der Waals surface area contributed by atoms with Gasteiger partial charge < -0.3 is 19.1 Å². The highest BCUT2D eigenvalue weighted by molar-refractivity contribution is 7.91. The molecule has 10 nitrogen and oxygen atoms in total. The lowest BCUT2D eigenvalue weighted by molar-refractivity contribution is 0.0632. The Morgan fingerprint density at radius 2 is 1.72 bits per heavy atom. The Morgan fingerprint density at radius 1 is 1.03 bits per heavy atom. The summed E-state index contributed by atoms with van der Waals surface area (Å²) in [5.74, 6) is -0.268. The summed E-state index contributed by atoms with van der Waals surface area (Å²) in [6, 6.07) is 6.35. The fourth-order valence-corrected chi connectivity index (χ4v) is 7.98. The zero-order valence-corrected chi connectivity index (χ0v) is 24.2. The third kappa shape index (κ3) is 6.03. The number of hydrogen-bond donors (Lipinski definition) is 0. The Kier molecular flexibility index (Phi) is 8.64. The molecule has 0 N–H and O–H groups in total. The average molecular weight is 578 g/mol. The van der Waals surface area contributed by atoms with E-state index in [0.29, 0.717) is 37.0 Å². The van der Waals surface area contributed by atoms with Crippen molar-refractivity contribution in [3.05, 3.63) is 60.1 Å². The van der Waals surface area contributed by atoms with Gasteiger partial charge >= 0.3 is 0 Å². The van der Waals surface area contributed by atoms with Crippen LogP contribution in [-0.2, 0) is 14.8 Å². The molecular formula is C26H36FN7O3S2. The van der Waals surface area contributed by atoms with Gasteiger partial charge in [0.2, 0.25) is 0 Å². The van der Waals surface area contributed by atoms with Crippen molar-refractivity contribution in [2.24, 2.45) is 0 Å². The molecule has 13 heteroatoms. The minimum absolute atomic E-state index is 0.0510. The van der Waals surface area contributed by atoms with Gasteiger partial charge in [0.15, 0.2) is 9.34 Å². The van der Waals surface area contributed by atoms with Crippen LogP contribution < -0.4 is 4.90 Å². The molecule has 39 heavy (non-hydrogen) atoms. The van der Waals surface area contributed by atoms with Gasteiger partial charge in [0, 0.05) is 65.7 Å². The largest absolute Gasteiger partial charge is 0.383 e. The van der Waals surface area contributed by atoms with E-state index in [0.717, 1.165) is 42.6 Å². The average Bonchev–Trinajstić information content (AvgIpc) is 3.63. The summed E-state index contributed by atoms with van der Waals surface area (Å²) < 4.78 is 50.0. The number of thiazole rings is 1. The zero-order chi connectivity index (χ0) is 27.6. The topological polar surface area (TPSA) is 87.0 Å². The number of aromatic nitrogens is 3. The van der Waals surface area contributed by atoms with Crippen molar-refractivity contribution in [2.75, 3.05) is 78.0 Å². The maximum Gasteiger partial charge on any atom is 0.254 e. The van der Waals surface area contributed by atoms with Crippen molar-refractivity contribution in [3.8, 4) is 0 Å². The Balaban J connectivity index is 1.27.